The number of aliphatic hydroxyl groups is 2. The van der Waals surface area contributed by atoms with E-state index in [2.05, 4.69) is 4.98 Å². The zero-order valence-electron chi connectivity index (χ0n) is 9.34. The zero-order valence-corrected chi connectivity index (χ0v) is 9.34. The minimum absolute atomic E-state index is 0.0880. The van der Waals surface area contributed by atoms with Crippen molar-refractivity contribution in [3.63, 3.8) is 0 Å². The fourth-order valence-corrected chi connectivity index (χ4v) is 2.02. The maximum Gasteiger partial charge on any atom is 0.330 e. The van der Waals surface area contributed by atoms with Crippen LogP contribution in [0, 0.1) is 6.92 Å². The molecule has 3 N–H and O–H groups in total. The quantitative estimate of drug-likeness (QED) is 0.571. The van der Waals surface area contributed by atoms with E-state index >= 15 is 0 Å². The summed E-state index contributed by atoms with van der Waals surface area (Å²) < 4.78 is 5.83. The Labute approximate surface area is 96.3 Å². The predicted octanol–water partition coefficient (Wildman–Crippen LogP) is -1.73. The molecule has 1 saturated heterocycles. The lowest BCUT2D eigenvalue weighted by Gasteiger charge is -2.28. The number of hydrogen-bond donors (Lipinski definition) is 3. The van der Waals surface area contributed by atoms with E-state index in [0.29, 0.717) is 5.56 Å². The summed E-state index contributed by atoms with van der Waals surface area (Å²) in [5, 5.41) is 19.5. The van der Waals surface area contributed by atoms with Crippen molar-refractivity contribution in [1.82, 2.24) is 9.55 Å². The highest BCUT2D eigenvalue weighted by molar-refractivity contribution is 5.04. The Morgan fingerprint density at radius 2 is 2.35 bits per heavy atom. The molecule has 1 aromatic rings. The summed E-state index contributed by atoms with van der Waals surface area (Å²) in [6.07, 6.45) is 0.405. The van der Waals surface area contributed by atoms with Gasteiger partial charge in [-0.3, -0.25) is 4.79 Å². The first kappa shape index (κ1) is 12.0. The third-order valence-electron chi connectivity index (χ3n) is 3.01. The van der Waals surface area contributed by atoms with Crippen LogP contribution in [-0.2, 0) is 10.5 Å². The minimum atomic E-state index is -1.79. The van der Waals surface area contributed by atoms with Crippen molar-refractivity contribution in [2.24, 2.45) is 0 Å². The van der Waals surface area contributed by atoms with Gasteiger partial charge >= 0.3 is 5.69 Å². The monoisotopic (exact) mass is 242 g/mol. The van der Waals surface area contributed by atoms with Gasteiger partial charge in [-0.15, -0.1) is 0 Å². The van der Waals surface area contributed by atoms with Crippen LogP contribution in [0.25, 0.3) is 0 Å². The Bertz CT molecular complexity index is 534. The molecule has 1 aliphatic rings. The molecule has 7 heteroatoms. The number of aliphatic hydroxyl groups excluding tert-OH is 1. The maximum absolute atomic E-state index is 11.9. The number of H-pyrrole nitrogens is 1. The van der Waals surface area contributed by atoms with Crippen LogP contribution in [-0.4, -0.2) is 39.1 Å². The number of rotatable bonds is 2. The van der Waals surface area contributed by atoms with Gasteiger partial charge in [0.2, 0.25) is 0 Å². The Kier molecular flexibility index (Phi) is 2.90. The van der Waals surface area contributed by atoms with E-state index < -0.39 is 29.7 Å². The second-order valence-corrected chi connectivity index (χ2v) is 4.09. The maximum atomic E-state index is 11.9. The molecule has 1 fully saturated rings. The van der Waals surface area contributed by atoms with Crippen molar-refractivity contribution in [3.05, 3.63) is 32.6 Å². The predicted molar refractivity (Wildman–Crippen MR) is 57.7 cm³/mol. The van der Waals surface area contributed by atoms with Gasteiger partial charge in [-0.05, 0) is 6.92 Å². The second-order valence-electron chi connectivity index (χ2n) is 4.09. The number of nitrogens with zero attached hydrogens (tertiary/aromatic N) is 1. The van der Waals surface area contributed by atoms with Gasteiger partial charge in [0.15, 0.2) is 5.72 Å². The number of aromatic amines is 1. The summed E-state index contributed by atoms with van der Waals surface area (Å²) in [5.74, 6) is 0. The number of aromatic nitrogens is 2. The minimum Gasteiger partial charge on any atom is -0.393 e. The molecule has 0 spiro atoms. The van der Waals surface area contributed by atoms with Gasteiger partial charge in [-0.25, -0.2) is 9.36 Å². The number of ether oxygens (including phenoxy) is 1. The van der Waals surface area contributed by atoms with Crippen LogP contribution in [0.3, 0.4) is 0 Å². The van der Waals surface area contributed by atoms with Crippen molar-refractivity contribution in [2.45, 2.75) is 25.2 Å². The van der Waals surface area contributed by atoms with Gasteiger partial charge in [0, 0.05) is 18.2 Å². The van der Waals surface area contributed by atoms with Crippen LogP contribution >= 0.6 is 0 Å². The summed E-state index contributed by atoms with van der Waals surface area (Å²) in [6.45, 7) is 1.25. The number of nitrogens with one attached hydrogen (secondary N) is 1. The summed E-state index contributed by atoms with van der Waals surface area (Å²) in [7, 11) is 0. The van der Waals surface area contributed by atoms with E-state index in [4.69, 9.17) is 9.84 Å². The van der Waals surface area contributed by atoms with E-state index in [9.17, 15) is 14.7 Å². The Morgan fingerprint density at radius 1 is 1.65 bits per heavy atom. The summed E-state index contributed by atoms with van der Waals surface area (Å²) >= 11 is 0. The van der Waals surface area contributed by atoms with Crippen LogP contribution < -0.4 is 11.2 Å². The standard InChI is InChI=1S/C10H14N2O5/c1-6-4-11-9(15)12(8(6)14)10(16)2-3-17-7(10)5-13/h4,7,13,16H,2-3,5H2,1H3,(H,11,15)/t7-,10-/m1/s1. The highest BCUT2D eigenvalue weighted by Crippen LogP contribution is 2.28. The van der Waals surface area contributed by atoms with E-state index in [1.54, 1.807) is 0 Å². The first-order chi connectivity index (χ1) is 8.00. The van der Waals surface area contributed by atoms with E-state index in [0.717, 1.165) is 4.57 Å². The molecule has 0 unspecified atom stereocenters. The molecule has 0 bridgehead atoms. The van der Waals surface area contributed by atoms with E-state index in [-0.39, 0.29) is 13.0 Å². The number of hydrogen-bond acceptors (Lipinski definition) is 5. The molecule has 1 aliphatic heterocycles. The SMILES string of the molecule is Cc1c[nH]c(=O)n([C@@]2(O)CCO[C@@H]2CO)c1=O. The van der Waals surface area contributed by atoms with Crippen LogP contribution in [0.4, 0.5) is 0 Å². The molecule has 0 saturated carbocycles. The van der Waals surface area contributed by atoms with Crippen molar-refractivity contribution in [2.75, 3.05) is 13.2 Å². The highest BCUT2D eigenvalue weighted by atomic mass is 16.5. The van der Waals surface area contributed by atoms with Crippen molar-refractivity contribution in [3.8, 4) is 0 Å². The highest BCUT2D eigenvalue weighted by Gasteiger charge is 2.46. The molecule has 7 nitrogen and oxygen atoms in total. The fraction of sp³-hybridized carbons (Fsp3) is 0.600. The molecule has 94 valence electrons. The van der Waals surface area contributed by atoms with Crippen LogP contribution in [0.5, 0.6) is 0 Å². The summed E-state index contributed by atoms with van der Waals surface area (Å²) in [5.41, 5.74) is -2.78. The topological polar surface area (TPSA) is 105 Å². The summed E-state index contributed by atoms with van der Waals surface area (Å²) in [6, 6.07) is 0. The lowest BCUT2D eigenvalue weighted by atomic mass is 10.1. The normalized spacial score (nSPS) is 28.5. The molecule has 1 aromatic heterocycles. The summed E-state index contributed by atoms with van der Waals surface area (Å²) in [4.78, 5) is 25.9. The average Bonchev–Trinajstić information content (AvgIpc) is 2.66. The van der Waals surface area contributed by atoms with Crippen LogP contribution in [0.15, 0.2) is 15.8 Å². The van der Waals surface area contributed by atoms with E-state index in [1.807, 2.05) is 0 Å². The van der Waals surface area contributed by atoms with Gasteiger partial charge in [0.05, 0.1) is 13.2 Å². The Morgan fingerprint density at radius 3 is 3.00 bits per heavy atom. The van der Waals surface area contributed by atoms with E-state index in [1.165, 1.54) is 13.1 Å². The van der Waals surface area contributed by atoms with Crippen molar-refractivity contribution in [1.29, 1.82) is 0 Å². The molecular formula is C10H14N2O5. The molecule has 0 aliphatic carbocycles. The smallest absolute Gasteiger partial charge is 0.330 e. The average molecular weight is 242 g/mol. The Balaban J connectivity index is 2.65. The van der Waals surface area contributed by atoms with Gasteiger partial charge < -0.3 is 19.9 Å². The molecule has 2 rings (SSSR count). The molecule has 2 heterocycles. The zero-order chi connectivity index (χ0) is 12.6. The third kappa shape index (κ3) is 1.72. The first-order valence-electron chi connectivity index (χ1n) is 5.27. The first-order valence-corrected chi connectivity index (χ1v) is 5.27. The fourth-order valence-electron chi connectivity index (χ4n) is 2.02. The molecule has 0 radical (unpaired) electrons. The molecule has 2 atom stereocenters. The molecule has 17 heavy (non-hydrogen) atoms. The lowest BCUT2D eigenvalue weighted by molar-refractivity contribution is -0.118. The molecule has 0 amide bonds. The molecular weight excluding hydrogens is 228 g/mol. The van der Waals surface area contributed by atoms with Gasteiger partial charge in [-0.1, -0.05) is 0 Å². The second kappa shape index (κ2) is 4.10. The van der Waals surface area contributed by atoms with Crippen molar-refractivity contribution < 1.29 is 14.9 Å². The van der Waals surface area contributed by atoms with Crippen LogP contribution in [0.1, 0.15) is 12.0 Å². The largest absolute Gasteiger partial charge is 0.393 e. The third-order valence-corrected chi connectivity index (χ3v) is 3.01. The van der Waals surface area contributed by atoms with Crippen molar-refractivity contribution >= 4 is 0 Å². The molecule has 0 aromatic carbocycles. The van der Waals surface area contributed by atoms with Gasteiger partial charge in [0.25, 0.3) is 5.56 Å². The lowest BCUT2D eigenvalue weighted by Crippen LogP contribution is -2.55. The van der Waals surface area contributed by atoms with Crippen LogP contribution in [0.2, 0.25) is 0 Å². The Hall–Kier alpha value is -1.44. The number of aryl methyl sites for hydroxylation is 1. The van der Waals surface area contributed by atoms with Gasteiger partial charge in [-0.2, -0.15) is 0 Å². The van der Waals surface area contributed by atoms with Gasteiger partial charge in [0.1, 0.15) is 6.10 Å².